The quantitative estimate of drug-likeness (QED) is 0.0492. The van der Waals surface area contributed by atoms with E-state index < -0.39 is 18.2 Å². The average molecular weight is 685 g/mol. The zero-order valence-electron chi connectivity index (χ0n) is 27.8. The first-order valence-corrected chi connectivity index (χ1v) is 16.5. The summed E-state index contributed by atoms with van der Waals surface area (Å²) in [5.41, 5.74) is 7.34. The van der Waals surface area contributed by atoms with Crippen LogP contribution in [0.1, 0.15) is 55.5 Å². The van der Waals surface area contributed by atoms with Gasteiger partial charge in [0, 0.05) is 24.5 Å². The van der Waals surface area contributed by atoms with Crippen LogP contribution in [0.25, 0.3) is 33.5 Å². The molecule has 1 fully saturated rings. The molecule has 0 amide bonds. The number of rotatable bonds is 16. The topological polar surface area (TPSA) is 179 Å². The van der Waals surface area contributed by atoms with Gasteiger partial charge in [0.05, 0.1) is 54.4 Å². The lowest BCUT2D eigenvalue weighted by atomic mass is 9.98. The van der Waals surface area contributed by atoms with E-state index in [1.165, 1.54) is 6.92 Å². The molecule has 0 bridgehead atoms. The summed E-state index contributed by atoms with van der Waals surface area (Å²) in [6.45, 7) is 5.51. The number of fused-ring (bicyclic) bond motifs is 1. The van der Waals surface area contributed by atoms with E-state index in [1.54, 1.807) is 23.2 Å². The van der Waals surface area contributed by atoms with Gasteiger partial charge >= 0.3 is 11.9 Å². The fraction of sp³-hybridized carbons (Fsp3) is 0.353. The summed E-state index contributed by atoms with van der Waals surface area (Å²) in [4.78, 5) is 48.1. The van der Waals surface area contributed by atoms with Crippen LogP contribution in [0.2, 0.25) is 0 Å². The van der Waals surface area contributed by atoms with Crippen molar-refractivity contribution in [3.05, 3.63) is 82.8 Å². The molecule has 1 unspecified atom stereocenters. The Balaban J connectivity index is 1.10. The molecule has 1 aliphatic rings. The number of nitrogens with zero attached hydrogens (tertiary/aromatic N) is 7. The molecule has 0 spiro atoms. The van der Waals surface area contributed by atoms with Crippen molar-refractivity contribution in [2.24, 2.45) is 0 Å². The first kappa shape index (κ1) is 34.0. The molecule has 0 aliphatic carbocycles. The molecule has 0 saturated carbocycles. The minimum Gasteiger partial charge on any atom is -0.465 e. The minimum atomic E-state index is -1.15. The van der Waals surface area contributed by atoms with Crippen molar-refractivity contribution in [2.45, 2.75) is 52.4 Å². The molecule has 2 aromatic heterocycles. The maximum atomic E-state index is 13.4. The molecule has 1 atom stereocenters. The lowest BCUT2D eigenvalue weighted by molar-refractivity contribution is -0.786. The number of tetrazole rings is 1. The van der Waals surface area contributed by atoms with Gasteiger partial charge in [-0.05, 0) is 60.2 Å². The number of ether oxygens (including phenoxy) is 3. The maximum Gasteiger partial charge on any atom is 0.343 e. The van der Waals surface area contributed by atoms with Crippen molar-refractivity contribution < 1.29 is 33.6 Å². The number of hydrazine groups is 2. The second-order valence-electron chi connectivity index (χ2n) is 11.5. The van der Waals surface area contributed by atoms with E-state index >= 15 is 0 Å². The number of esters is 2. The number of imidazole rings is 1. The largest absolute Gasteiger partial charge is 0.465 e. The van der Waals surface area contributed by atoms with E-state index in [1.807, 2.05) is 60.0 Å². The summed E-state index contributed by atoms with van der Waals surface area (Å²) in [6, 6.07) is 21.3. The Bertz CT molecular complexity index is 1920. The third-order valence-electron chi connectivity index (χ3n) is 8.02. The van der Waals surface area contributed by atoms with Crippen LogP contribution >= 0.6 is 0 Å². The number of para-hydroxylation sites is 1. The molecule has 260 valence electrons. The standard InChI is InChI=1S/C34H38N9O7/c1-3-47-34-35-29-13-8-12-28(33(45)50-23(2)49-30(44)14-9-21-48-40-43(46)41-19-6-7-20-41)31(29)42(34)22-24-15-17-25(18-16-24)26-10-4-5-11-27(26)32-36-38-39-37-32/h4-5,8,10-13,15-18,23H,3,6-7,9,14,19-22H2,1-2H3,(H,40,46)(H,36,37,38,39)/q+1. The Labute approximate surface area is 287 Å². The molecule has 16 nitrogen and oxygen atoms in total. The Morgan fingerprint density at radius 3 is 2.52 bits per heavy atom. The van der Waals surface area contributed by atoms with E-state index in [9.17, 15) is 14.5 Å². The average Bonchev–Trinajstić information content (AvgIpc) is 3.91. The van der Waals surface area contributed by atoms with Crippen LogP contribution in [0, 0.1) is 4.91 Å². The SMILES string of the molecule is CCOc1nc2cccc(C(=O)OC(C)OC(=O)CCCON[N+](=O)N3CCCC3)c2n1Cc1ccc(-c2ccccc2-c2nn[nH]n2)cc1. The third-order valence-corrected chi connectivity index (χ3v) is 8.02. The predicted molar refractivity (Wildman–Crippen MR) is 179 cm³/mol. The Morgan fingerprint density at radius 1 is 1.00 bits per heavy atom. The Hall–Kier alpha value is -5.90. The molecular weight excluding hydrogens is 646 g/mol. The van der Waals surface area contributed by atoms with Crippen LogP contribution in [0.15, 0.2) is 66.7 Å². The van der Waals surface area contributed by atoms with E-state index in [0.29, 0.717) is 60.5 Å². The highest BCUT2D eigenvalue weighted by Crippen LogP contribution is 2.31. The molecule has 1 saturated heterocycles. The van der Waals surface area contributed by atoms with Crippen LogP contribution in [0.4, 0.5) is 0 Å². The third kappa shape index (κ3) is 8.03. The zero-order chi connectivity index (χ0) is 34.9. The van der Waals surface area contributed by atoms with Crippen LogP contribution in [-0.2, 0) is 25.7 Å². The first-order valence-electron chi connectivity index (χ1n) is 16.5. The minimum absolute atomic E-state index is 0.00763. The number of aromatic amines is 1. The number of nitroso groups, excluding NO2 is 1. The van der Waals surface area contributed by atoms with Crippen molar-refractivity contribution in [3.63, 3.8) is 0 Å². The van der Waals surface area contributed by atoms with Crippen LogP contribution in [0.3, 0.4) is 0 Å². The number of carbonyl (C=O) groups is 2. The molecule has 0 radical (unpaired) electrons. The number of H-pyrrole nitrogens is 1. The first-order chi connectivity index (χ1) is 24.4. The predicted octanol–water partition coefficient (Wildman–Crippen LogP) is 4.38. The van der Waals surface area contributed by atoms with Gasteiger partial charge in [0.1, 0.15) is 0 Å². The molecule has 3 heterocycles. The fourth-order valence-electron chi connectivity index (χ4n) is 5.70. The van der Waals surface area contributed by atoms with Gasteiger partial charge in [-0.15, -0.1) is 15.2 Å². The summed E-state index contributed by atoms with van der Waals surface area (Å²) in [5.74, 6) is -0.751. The lowest BCUT2D eigenvalue weighted by Crippen LogP contribution is -2.40. The number of hydrogen-bond acceptors (Lipinski definition) is 11. The van der Waals surface area contributed by atoms with Gasteiger partial charge in [0.15, 0.2) is 0 Å². The van der Waals surface area contributed by atoms with Crippen LogP contribution < -0.4 is 10.3 Å². The second-order valence-corrected chi connectivity index (χ2v) is 11.5. The normalized spacial score (nSPS) is 13.3. The molecule has 1 aliphatic heterocycles. The highest BCUT2D eigenvalue weighted by molar-refractivity contribution is 6.02. The molecule has 5 aromatic rings. The van der Waals surface area contributed by atoms with E-state index in [0.717, 1.165) is 35.1 Å². The number of hydrogen-bond donors (Lipinski definition) is 2. The second kappa shape index (κ2) is 16.0. The van der Waals surface area contributed by atoms with Gasteiger partial charge in [-0.2, -0.15) is 10.2 Å². The summed E-state index contributed by atoms with van der Waals surface area (Å²) in [6.07, 6.45) is 1.07. The van der Waals surface area contributed by atoms with Gasteiger partial charge in [0.25, 0.3) is 11.0 Å². The molecular formula is C34H38N9O7+. The van der Waals surface area contributed by atoms with Crippen LogP contribution in [0.5, 0.6) is 6.01 Å². The highest BCUT2D eigenvalue weighted by atomic mass is 16.7. The summed E-state index contributed by atoms with van der Waals surface area (Å²) >= 11 is 0. The van der Waals surface area contributed by atoms with Gasteiger partial charge in [-0.3, -0.25) is 9.36 Å². The van der Waals surface area contributed by atoms with Gasteiger partial charge in [-0.1, -0.05) is 54.6 Å². The Kier molecular flexibility index (Phi) is 10.9. The van der Waals surface area contributed by atoms with Crippen molar-refractivity contribution in [3.8, 4) is 28.5 Å². The fourth-order valence-corrected chi connectivity index (χ4v) is 5.70. The monoisotopic (exact) mass is 684 g/mol. The number of aromatic nitrogens is 6. The molecule has 16 heteroatoms. The number of nitrogens with one attached hydrogen (secondary N) is 2. The summed E-state index contributed by atoms with van der Waals surface area (Å²) in [7, 11) is 0. The van der Waals surface area contributed by atoms with Crippen molar-refractivity contribution >= 4 is 23.0 Å². The highest BCUT2D eigenvalue weighted by Gasteiger charge is 2.26. The summed E-state index contributed by atoms with van der Waals surface area (Å²) < 4.78 is 18.6. The molecule has 3 aromatic carbocycles. The smallest absolute Gasteiger partial charge is 0.343 e. The summed E-state index contributed by atoms with van der Waals surface area (Å²) in [5, 5.41) is 16.0. The molecule has 2 N–H and O–H groups in total. The maximum absolute atomic E-state index is 13.4. The van der Waals surface area contributed by atoms with Gasteiger partial charge in [0.2, 0.25) is 12.1 Å². The number of carbonyl (C=O) groups excluding carboxylic acids is 2. The Morgan fingerprint density at radius 2 is 1.78 bits per heavy atom. The number of benzene rings is 3. The van der Waals surface area contributed by atoms with Crippen LogP contribution in [-0.4, -0.2) is 84.7 Å². The van der Waals surface area contributed by atoms with Crippen molar-refractivity contribution in [1.29, 1.82) is 0 Å². The van der Waals surface area contributed by atoms with E-state index in [4.69, 9.17) is 19.0 Å². The lowest BCUT2D eigenvalue weighted by Gasteiger charge is -2.16. The molecule has 50 heavy (non-hydrogen) atoms. The van der Waals surface area contributed by atoms with Gasteiger partial charge < -0.3 is 14.2 Å². The van der Waals surface area contributed by atoms with Gasteiger partial charge in [-0.25, -0.2) is 9.63 Å². The zero-order valence-corrected chi connectivity index (χ0v) is 27.8. The molecule has 6 rings (SSSR count). The van der Waals surface area contributed by atoms with Crippen molar-refractivity contribution in [1.82, 2.24) is 40.8 Å². The van der Waals surface area contributed by atoms with E-state index in [-0.39, 0.29) is 18.6 Å². The van der Waals surface area contributed by atoms with E-state index in [2.05, 4.69) is 31.2 Å². The van der Waals surface area contributed by atoms with Crippen molar-refractivity contribution in [2.75, 3.05) is 26.3 Å².